The molecule has 0 aromatic heterocycles. The maximum absolute atomic E-state index is 10.9. The van der Waals surface area contributed by atoms with Crippen LogP contribution >= 0.6 is 0 Å². The van der Waals surface area contributed by atoms with E-state index in [-0.39, 0.29) is 12.5 Å². The molecule has 3 rings (SSSR count). The minimum absolute atomic E-state index is 0.238. The zero-order valence-corrected chi connectivity index (χ0v) is 13.7. The summed E-state index contributed by atoms with van der Waals surface area (Å²) in [5, 5.41) is 10.0. The lowest BCUT2D eigenvalue weighted by Crippen LogP contribution is -2.34. The highest BCUT2D eigenvalue weighted by molar-refractivity contribution is 5.70. The van der Waals surface area contributed by atoms with Crippen molar-refractivity contribution in [1.82, 2.24) is 5.06 Å². The Labute approximate surface area is 141 Å². The van der Waals surface area contributed by atoms with E-state index >= 15 is 0 Å². The molecule has 1 saturated carbocycles. The zero-order valence-electron chi connectivity index (χ0n) is 13.7. The van der Waals surface area contributed by atoms with Crippen molar-refractivity contribution in [3.05, 3.63) is 59.7 Å². The first-order chi connectivity index (χ1) is 11.6. The number of nitrogens with zero attached hydrogens (tertiary/aromatic N) is 1. The number of nitrogens with two attached hydrogens (primary N) is 1. The van der Waals surface area contributed by atoms with Crippen LogP contribution in [0.4, 0.5) is 4.79 Å². The second-order valence-corrected chi connectivity index (χ2v) is 6.19. The third kappa shape index (κ3) is 3.86. The van der Waals surface area contributed by atoms with Gasteiger partial charge in [0, 0.05) is 0 Å². The van der Waals surface area contributed by atoms with E-state index in [1.54, 1.807) is 0 Å². The lowest BCUT2D eigenvalue weighted by atomic mass is 10.1. The van der Waals surface area contributed by atoms with E-state index in [0.29, 0.717) is 11.0 Å². The maximum Gasteiger partial charge on any atom is 0.338 e. The monoisotopic (exact) mass is 326 g/mol. The van der Waals surface area contributed by atoms with Crippen molar-refractivity contribution in [1.29, 1.82) is 0 Å². The van der Waals surface area contributed by atoms with Gasteiger partial charge in [-0.25, -0.2) is 9.86 Å². The Kier molecular flexibility index (Phi) is 4.71. The van der Waals surface area contributed by atoms with Crippen LogP contribution in [-0.2, 0) is 6.42 Å². The minimum Gasteiger partial charge on any atom is -0.457 e. The summed E-state index contributed by atoms with van der Waals surface area (Å²) in [6, 6.07) is 15.2. The SMILES string of the molecule is CCc1ccc(Oc2cccc(C3CC3CN(O)C(N)=O)c2)cc1. The molecule has 2 unspecified atom stereocenters. The minimum atomic E-state index is -0.812. The number of benzene rings is 2. The number of urea groups is 1. The predicted octanol–water partition coefficient (Wildman–Crippen LogP) is 3.91. The fourth-order valence-electron chi connectivity index (χ4n) is 2.91. The molecule has 0 aliphatic heterocycles. The van der Waals surface area contributed by atoms with Gasteiger partial charge in [-0.05, 0) is 60.1 Å². The van der Waals surface area contributed by atoms with E-state index in [1.165, 1.54) is 5.56 Å². The van der Waals surface area contributed by atoms with E-state index in [1.807, 2.05) is 36.4 Å². The van der Waals surface area contributed by atoms with Gasteiger partial charge >= 0.3 is 6.03 Å². The number of ether oxygens (including phenoxy) is 1. The first kappa shape index (κ1) is 16.3. The number of carbonyl (C=O) groups is 1. The Morgan fingerprint density at radius 2 is 2.00 bits per heavy atom. The number of hydrogen-bond donors (Lipinski definition) is 2. The van der Waals surface area contributed by atoms with Crippen molar-refractivity contribution in [2.75, 3.05) is 6.54 Å². The van der Waals surface area contributed by atoms with Gasteiger partial charge in [0.05, 0.1) is 6.54 Å². The number of aryl methyl sites for hydroxylation is 1. The molecule has 2 amide bonds. The molecule has 24 heavy (non-hydrogen) atoms. The number of primary amides is 1. The van der Waals surface area contributed by atoms with E-state index in [0.717, 1.165) is 29.9 Å². The van der Waals surface area contributed by atoms with Gasteiger partial charge in [0.1, 0.15) is 11.5 Å². The quantitative estimate of drug-likeness (QED) is 0.624. The van der Waals surface area contributed by atoms with Crippen LogP contribution in [0.15, 0.2) is 48.5 Å². The molecule has 5 heteroatoms. The number of carbonyl (C=O) groups excluding carboxylic acids is 1. The van der Waals surface area contributed by atoms with Crippen molar-refractivity contribution in [3.8, 4) is 11.5 Å². The molecule has 0 bridgehead atoms. The average Bonchev–Trinajstić information content (AvgIpc) is 3.35. The number of hydroxylamine groups is 2. The summed E-state index contributed by atoms with van der Waals surface area (Å²) < 4.78 is 5.92. The van der Waals surface area contributed by atoms with Gasteiger partial charge in [0.2, 0.25) is 0 Å². The van der Waals surface area contributed by atoms with E-state index in [2.05, 4.69) is 19.1 Å². The van der Waals surface area contributed by atoms with E-state index < -0.39 is 6.03 Å². The smallest absolute Gasteiger partial charge is 0.338 e. The molecule has 5 nitrogen and oxygen atoms in total. The van der Waals surface area contributed by atoms with Crippen LogP contribution in [0, 0.1) is 5.92 Å². The summed E-state index contributed by atoms with van der Waals surface area (Å²) in [4.78, 5) is 10.9. The Morgan fingerprint density at radius 1 is 1.25 bits per heavy atom. The van der Waals surface area contributed by atoms with Crippen LogP contribution in [0.25, 0.3) is 0 Å². The second kappa shape index (κ2) is 6.93. The second-order valence-electron chi connectivity index (χ2n) is 6.19. The van der Waals surface area contributed by atoms with Crippen LogP contribution < -0.4 is 10.5 Å². The Bertz CT molecular complexity index is 715. The summed E-state index contributed by atoms with van der Waals surface area (Å²) in [5.41, 5.74) is 7.47. The van der Waals surface area contributed by atoms with Crippen molar-refractivity contribution >= 4 is 6.03 Å². The van der Waals surface area contributed by atoms with Crippen LogP contribution in [-0.4, -0.2) is 22.8 Å². The van der Waals surface area contributed by atoms with Crippen LogP contribution in [0.1, 0.15) is 30.4 Å². The largest absolute Gasteiger partial charge is 0.457 e. The van der Waals surface area contributed by atoms with Crippen molar-refractivity contribution < 1.29 is 14.7 Å². The predicted molar refractivity (Wildman–Crippen MR) is 91.3 cm³/mol. The molecule has 1 aliphatic carbocycles. The van der Waals surface area contributed by atoms with Crippen LogP contribution in [0.5, 0.6) is 11.5 Å². The Balaban J connectivity index is 1.63. The van der Waals surface area contributed by atoms with Gasteiger partial charge in [-0.1, -0.05) is 31.2 Å². The van der Waals surface area contributed by atoms with Gasteiger partial charge < -0.3 is 10.5 Å². The average molecular weight is 326 g/mol. The molecule has 0 heterocycles. The summed E-state index contributed by atoms with van der Waals surface area (Å²) in [6.07, 6.45) is 1.94. The molecule has 0 spiro atoms. The summed E-state index contributed by atoms with van der Waals surface area (Å²) >= 11 is 0. The molecule has 1 aliphatic rings. The maximum atomic E-state index is 10.9. The van der Waals surface area contributed by atoms with Gasteiger partial charge in [0.25, 0.3) is 0 Å². The van der Waals surface area contributed by atoms with Crippen molar-refractivity contribution in [3.63, 3.8) is 0 Å². The molecule has 2 aromatic carbocycles. The summed E-state index contributed by atoms with van der Waals surface area (Å²) in [5.74, 6) is 2.16. The van der Waals surface area contributed by atoms with Crippen molar-refractivity contribution in [2.45, 2.75) is 25.7 Å². The normalized spacial score (nSPS) is 18.9. The molecule has 3 N–H and O–H groups in total. The molecule has 1 fully saturated rings. The van der Waals surface area contributed by atoms with Crippen molar-refractivity contribution in [2.24, 2.45) is 11.7 Å². The first-order valence-electron chi connectivity index (χ1n) is 8.19. The molecule has 0 radical (unpaired) electrons. The number of hydrogen-bond acceptors (Lipinski definition) is 3. The third-order valence-electron chi connectivity index (χ3n) is 4.44. The Hall–Kier alpha value is -2.53. The fourth-order valence-corrected chi connectivity index (χ4v) is 2.91. The summed E-state index contributed by atoms with van der Waals surface area (Å²) in [6.45, 7) is 2.39. The lowest BCUT2D eigenvalue weighted by molar-refractivity contribution is -0.0431. The standard InChI is InChI=1S/C19H22N2O3/c1-2-13-6-8-16(9-7-13)24-17-5-3-4-14(10-17)18-11-15(18)12-21(23)19(20)22/h3-10,15,18,23H,2,11-12H2,1H3,(H2,20,22). The van der Waals surface area contributed by atoms with E-state index in [9.17, 15) is 10.0 Å². The van der Waals surface area contributed by atoms with Gasteiger partial charge in [0.15, 0.2) is 0 Å². The number of amides is 2. The van der Waals surface area contributed by atoms with Gasteiger partial charge in [-0.2, -0.15) is 0 Å². The zero-order chi connectivity index (χ0) is 17.1. The first-order valence-corrected chi connectivity index (χ1v) is 8.19. The molecular formula is C19H22N2O3. The van der Waals surface area contributed by atoms with Gasteiger partial charge in [-0.15, -0.1) is 0 Å². The molecule has 2 aromatic rings. The van der Waals surface area contributed by atoms with Crippen LogP contribution in [0.3, 0.4) is 0 Å². The molecule has 0 saturated heterocycles. The molecule has 2 atom stereocenters. The van der Waals surface area contributed by atoms with Gasteiger partial charge in [-0.3, -0.25) is 5.21 Å². The Morgan fingerprint density at radius 3 is 2.67 bits per heavy atom. The highest BCUT2D eigenvalue weighted by Gasteiger charge is 2.40. The fraction of sp³-hybridized carbons (Fsp3) is 0.316. The topological polar surface area (TPSA) is 75.8 Å². The number of rotatable bonds is 6. The highest BCUT2D eigenvalue weighted by Crippen LogP contribution is 2.48. The third-order valence-corrected chi connectivity index (χ3v) is 4.44. The molecular weight excluding hydrogens is 304 g/mol. The van der Waals surface area contributed by atoms with Crippen LogP contribution in [0.2, 0.25) is 0 Å². The summed E-state index contributed by atoms with van der Waals surface area (Å²) in [7, 11) is 0. The highest BCUT2D eigenvalue weighted by atomic mass is 16.5. The lowest BCUT2D eigenvalue weighted by Gasteiger charge is -2.11. The van der Waals surface area contributed by atoms with E-state index in [4.69, 9.17) is 10.5 Å². The molecule has 126 valence electrons.